The molecular formula is C28H30N6O2. The molecule has 2 aliphatic rings. The first-order valence-electron chi connectivity index (χ1n) is 12.3. The van der Waals surface area contributed by atoms with Gasteiger partial charge >= 0.3 is 0 Å². The van der Waals surface area contributed by atoms with Crippen LogP contribution in [0.25, 0.3) is 22.2 Å². The first-order chi connectivity index (χ1) is 17.5. The van der Waals surface area contributed by atoms with Crippen LogP contribution in [0.1, 0.15) is 39.5 Å². The summed E-state index contributed by atoms with van der Waals surface area (Å²) in [6.07, 6.45) is 4.82. The van der Waals surface area contributed by atoms with Gasteiger partial charge < -0.3 is 24.8 Å². The highest BCUT2D eigenvalue weighted by Crippen LogP contribution is 2.37. The van der Waals surface area contributed by atoms with E-state index in [1.807, 2.05) is 39.5 Å². The van der Waals surface area contributed by atoms with Crippen LogP contribution in [0.2, 0.25) is 0 Å². The second-order valence-electron chi connectivity index (χ2n) is 9.88. The van der Waals surface area contributed by atoms with E-state index in [2.05, 4.69) is 44.4 Å². The van der Waals surface area contributed by atoms with Crippen LogP contribution in [0.15, 0.2) is 48.8 Å². The number of anilines is 2. The number of amides is 1. The fraction of sp³-hybridized carbons (Fsp3) is 0.321. The Morgan fingerprint density at radius 3 is 2.92 bits per heavy atom. The van der Waals surface area contributed by atoms with Crippen molar-refractivity contribution >= 4 is 28.3 Å². The molecule has 1 atom stereocenters. The lowest BCUT2D eigenvalue weighted by Gasteiger charge is -2.19. The second kappa shape index (κ2) is 9.04. The Kier molecular flexibility index (Phi) is 5.70. The number of benzene rings is 1. The molecule has 36 heavy (non-hydrogen) atoms. The average molecular weight is 483 g/mol. The standard InChI is InChI=1S/C28H30N6O2/c1-33(2)15-23-18(17-10-12-36-16-17)7-8-25(32-23)31-22-14-29-27(21-13-30-28(35)26(21)22)20-5-4-6-24-19(20)9-11-34(24)3/h4-9,11,14,17H,10,12-13,15-16H2,1-3H3,(H,30,35)(H,31,32)/t17-/m0/s1. The van der Waals surface area contributed by atoms with E-state index in [4.69, 9.17) is 14.7 Å². The summed E-state index contributed by atoms with van der Waals surface area (Å²) in [6.45, 7) is 2.72. The molecule has 0 bridgehead atoms. The van der Waals surface area contributed by atoms with Gasteiger partial charge in [0.25, 0.3) is 5.91 Å². The van der Waals surface area contributed by atoms with Gasteiger partial charge in [-0.1, -0.05) is 18.2 Å². The van der Waals surface area contributed by atoms with Crippen LogP contribution in [-0.4, -0.2) is 52.7 Å². The van der Waals surface area contributed by atoms with Crippen molar-refractivity contribution < 1.29 is 9.53 Å². The molecule has 1 saturated heterocycles. The number of nitrogens with zero attached hydrogens (tertiary/aromatic N) is 4. The lowest BCUT2D eigenvalue weighted by molar-refractivity contribution is 0.0966. The molecule has 1 aromatic carbocycles. The largest absolute Gasteiger partial charge is 0.381 e. The Balaban J connectivity index is 1.39. The van der Waals surface area contributed by atoms with Gasteiger partial charge in [-0.05, 0) is 44.3 Å². The van der Waals surface area contributed by atoms with Crippen molar-refractivity contribution in [3.63, 3.8) is 0 Å². The number of hydrogen-bond donors (Lipinski definition) is 2. The normalized spacial score (nSPS) is 17.1. The molecule has 0 unspecified atom stereocenters. The molecule has 2 N–H and O–H groups in total. The molecule has 6 rings (SSSR count). The summed E-state index contributed by atoms with van der Waals surface area (Å²) in [4.78, 5) is 24.9. The minimum Gasteiger partial charge on any atom is -0.381 e. The maximum absolute atomic E-state index is 12.9. The Labute approximate surface area is 210 Å². The zero-order valence-electron chi connectivity index (χ0n) is 20.8. The number of rotatable bonds is 6. The lowest BCUT2D eigenvalue weighted by Crippen LogP contribution is -2.16. The number of pyridine rings is 2. The number of aromatic nitrogens is 3. The van der Waals surface area contributed by atoms with Crippen molar-refractivity contribution in [1.29, 1.82) is 0 Å². The molecule has 3 aromatic heterocycles. The van der Waals surface area contributed by atoms with Crippen molar-refractivity contribution in [2.75, 3.05) is 32.6 Å². The third-order valence-electron chi connectivity index (χ3n) is 7.12. The van der Waals surface area contributed by atoms with E-state index < -0.39 is 0 Å². The molecule has 4 aromatic rings. The van der Waals surface area contributed by atoms with Crippen LogP contribution in [0.3, 0.4) is 0 Å². The van der Waals surface area contributed by atoms with E-state index in [0.29, 0.717) is 29.5 Å². The topological polar surface area (TPSA) is 84.3 Å². The quantitative estimate of drug-likeness (QED) is 0.429. The van der Waals surface area contributed by atoms with Crippen molar-refractivity contribution in [2.24, 2.45) is 7.05 Å². The van der Waals surface area contributed by atoms with E-state index in [0.717, 1.165) is 59.6 Å². The Bertz CT molecular complexity index is 1470. The van der Waals surface area contributed by atoms with Crippen molar-refractivity contribution in [3.05, 3.63) is 71.2 Å². The van der Waals surface area contributed by atoms with Crippen LogP contribution < -0.4 is 10.6 Å². The maximum atomic E-state index is 12.9. The monoisotopic (exact) mass is 482 g/mol. The second-order valence-corrected chi connectivity index (χ2v) is 9.88. The zero-order chi connectivity index (χ0) is 24.8. The molecule has 2 aliphatic heterocycles. The number of aryl methyl sites for hydroxylation is 1. The van der Waals surface area contributed by atoms with Crippen LogP contribution in [0, 0.1) is 0 Å². The van der Waals surface area contributed by atoms with Crippen molar-refractivity contribution in [3.8, 4) is 11.3 Å². The summed E-state index contributed by atoms with van der Waals surface area (Å²) < 4.78 is 7.72. The van der Waals surface area contributed by atoms with Crippen LogP contribution in [0.4, 0.5) is 11.5 Å². The van der Waals surface area contributed by atoms with Crippen molar-refractivity contribution in [2.45, 2.75) is 25.4 Å². The average Bonchev–Trinajstić information content (AvgIpc) is 3.61. The highest BCUT2D eigenvalue weighted by molar-refractivity contribution is 6.07. The number of carbonyl (C=O) groups is 1. The van der Waals surface area contributed by atoms with Crippen LogP contribution >= 0.6 is 0 Å². The first-order valence-corrected chi connectivity index (χ1v) is 12.3. The number of hydrogen-bond acceptors (Lipinski definition) is 6. The first kappa shape index (κ1) is 22.7. The Hall–Kier alpha value is -3.75. The molecule has 0 radical (unpaired) electrons. The van der Waals surface area contributed by atoms with Gasteiger partial charge in [-0.3, -0.25) is 9.78 Å². The van der Waals surface area contributed by atoms with Crippen molar-refractivity contribution in [1.82, 2.24) is 24.8 Å². The van der Waals surface area contributed by atoms with E-state index >= 15 is 0 Å². The molecule has 5 heterocycles. The summed E-state index contributed by atoms with van der Waals surface area (Å²) in [5.74, 6) is 0.985. The molecule has 184 valence electrons. The predicted octanol–water partition coefficient (Wildman–Crippen LogP) is 4.19. The van der Waals surface area contributed by atoms with Crippen LogP contribution in [0.5, 0.6) is 0 Å². The molecule has 0 saturated carbocycles. The van der Waals surface area contributed by atoms with Gasteiger partial charge in [0.05, 0.1) is 35.4 Å². The minimum atomic E-state index is -0.0929. The molecule has 8 nitrogen and oxygen atoms in total. The maximum Gasteiger partial charge on any atom is 0.254 e. The summed E-state index contributed by atoms with van der Waals surface area (Å²) in [7, 11) is 6.12. The van der Waals surface area contributed by atoms with Gasteiger partial charge in [0.2, 0.25) is 0 Å². The molecule has 8 heteroatoms. The fourth-order valence-electron chi connectivity index (χ4n) is 5.37. The molecule has 0 spiro atoms. The van der Waals surface area contributed by atoms with Gasteiger partial charge in [-0.15, -0.1) is 0 Å². The highest BCUT2D eigenvalue weighted by Gasteiger charge is 2.28. The van der Waals surface area contributed by atoms with Gasteiger partial charge in [-0.25, -0.2) is 4.98 Å². The SMILES string of the molecule is CN(C)Cc1nc(Nc2cnc(-c3cccc4c3ccn4C)c3c2C(=O)NC3)ccc1[C@H]1CCOC1. The summed E-state index contributed by atoms with van der Waals surface area (Å²) in [5, 5.41) is 7.51. The van der Waals surface area contributed by atoms with E-state index in [9.17, 15) is 4.79 Å². The fourth-order valence-corrected chi connectivity index (χ4v) is 5.37. The summed E-state index contributed by atoms with van der Waals surface area (Å²) >= 11 is 0. The number of ether oxygens (including phenoxy) is 1. The lowest BCUT2D eigenvalue weighted by atomic mass is 9.96. The third kappa shape index (κ3) is 3.92. The van der Waals surface area contributed by atoms with Gasteiger partial charge in [0.1, 0.15) is 5.82 Å². The van der Waals surface area contributed by atoms with Gasteiger partial charge in [-0.2, -0.15) is 0 Å². The summed E-state index contributed by atoms with van der Waals surface area (Å²) in [6, 6.07) is 12.4. The van der Waals surface area contributed by atoms with Gasteiger partial charge in [0, 0.05) is 60.9 Å². The predicted molar refractivity (Wildman–Crippen MR) is 140 cm³/mol. The zero-order valence-corrected chi connectivity index (χ0v) is 20.8. The van der Waals surface area contributed by atoms with E-state index in [1.54, 1.807) is 6.20 Å². The van der Waals surface area contributed by atoms with E-state index in [1.165, 1.54) is 5.56 Å². The highest BCUT2D eigenvalue weighted by atomic mass is 16.5. The van der Waals surface area contributed by atoms with Crippen LogP contribution in [-0.2, 0) is 24.9 Å². The molecule has 0 aliphatic carbocycles. The Morgan fingerprint density at radius 2 is 2.11 bits per heavy atom. The van der Waals surface area contributed by atoms with Gasteiger partial charge in [0.15, 0.2) is 0 Å². The summed E-state index contributed by atoms with van der Waals surface area (Å²) in [5.41, 5.74) is 7.48. The minimum absolute atomic E-state index is 0.0929. The molecular weight excluding hydrogens is 452 g/mol. The number of nitrogens with one attached hydrogen (secondary N) is 2. The molecule has 1 fully saturated rings. The molecule has 1 amide bonds. The van der Waals surface area contributed by atoms with E-state index in [-0.39, 0.29) is 5.91 Å². The smallest absolute Gasteiger partial charge is 0.254 e. The Morgan fingerprint density at radius 1 is 1.22 bits per heavy atom. The number of carbonyl (C=O) groups excluding carboxylic acids is 1. The third-order valence-corrected chi connectivity index (χ3v) is 7.12. The number of fused-ring (bicyclic) bond motifs is 2.